The zero-order valence-electron chi connectivity index (χ0n) is 10.5. The fourth-order valence-corrected chi connectivity index (χ4v) is 2.05. The van der Waals surface area contributed by atoms with Crippen molar-refractivity contribution in [3.63, 3.8) is 0 Å². The van der Waals surface area contributed by atoms with Crippen LogP contribution < -0.4 is 5.32 Å². The van der Waals surface area contributed by atoms with Crippen LogP contribution in [0.1, 0.15) is 11.1 Å². The number of aliphatic hydroxyl groups is 1. The fourth-order valence-electron chi connectivity index (χ4n) is 1.78. The maximum Gasteiger partial charge on any atom is 0.292 e. The number of aliphatic hydroxyl groups excluding tert-OH is 1. The highest BCUT2D eigenvalue weighted by Crippen LogP contribution is 2.26. The minimum absolute atomic E-state index is 0.000637. The van der Waals surface area contributed by atoms with Crippen molar-refractivity contribution in [1.29, 1.82) is 0 Å². The van der Waals surface area contributed by atoms with E-state index in [4.69, 9.17) is 5.11 Å². The summed E-state index contributed by atoms with van der Waals surface area (Å²) in [4.78, 5) is 10.5. The van der Waals surface area contributed by atoms with Crippen LogP contribution in [0.3, 0.4) is 0 Å². The van der Waals surface area contributed by atoms with Crippen LogP contribution in [0.5, 0.6) is 0 Å². The molecular weight excluding hydrogens is 324 g/mol. The minimum atomic E-state index is -0.439. The molecule has 0 aliphatic rings. The van der Waals surface area contributed by atoms with E-state index in [1.807, 2.05) is 24.3 Å². The first-order valence-corrected chi connectivity index (χ1v) is 6.76. The molecule has 0 bridgehead atoms. The number of hydrogen-bond acceptors (Lipinski definition) is 4. The van der Waals surface area contributed by atoms with Crippen molar-refractivity contribution >= 4 is 27.3 Å². The second kappa shape index (κ2) is 6.49. The van der Waals surface area contributed by atoms with Gasteiger partial charge in [0.05, 0.1) is 11.5 Å². The zero-order chi connectivity index (χ0) is 14.5. The number of hydrogen-bond donors (Lipinski definition) is 2. The highest BCUT2D eigenvalue weighted by Gasteiger charge is 2.13. The van der Waals surface area contributed by atoms with Crippen molar-refractivity contribution in [3.8, 4) is 0 Å². The normalized spacial score (nSPS) is 10.3. The first kappa shape index (κ1) is 14.5. The first-order valence-electron chi connectivity index (χ1n) is 5.96. The summed E-state index contributed by atoms with van der Waals surface area (Å²) in [6, 6.07) is 12.2. The molecule has 20 heavy (non-hydrogen) atoms. The average molecular weight is 337 g/mol. The molecule has 2 N–H and O–H groups in total. The molecule has 2 aromatic carbocycles. The number of nitro benzene ring substituents is 1. The van der Waals surface area contributed by atoms with E-state index in [0.717, 1.165) is 10.0 Å². The summed E-state index contributed by atoms with van der Waals surface area (Å²) in [6.07, 6.45) is 0. The summed E-state index contributed by atoms with van der Waals surface area (Å²) in [5.74, 6) is 0. The van der Waals surface area contributed by atoms with Crippen LogP contribution in [0.2, 0.25) is 0 Å². The molecule has 0 spiro atoms. The fraction of sp³-hybridized carbons (Fsp3) is 0.143. The third-order valence-corrected chi connectivity index (χ3v) is 3.37. The van der Waals surface area contributed by atoms with Gasteiger partial charge < -0.3 is 10.4 Å². The van der Waals surface area contributed by atoms with Gasteiger partial charge in [0.15, 0.2) is 0 Å². The molecule has 2 aromatic rings. The lowest BCUT2D eigenvalue weighted by Crippen LogP contribution is -2.03. The summed E-state index contributed by atoms with van der Waals surface area (Å²) < 4.78 is 0.981. The van der Waals surface area contributed by atoms with E-state index in [-0.39, 0.29) is 12.3 Å². The molecule has 0 radical (unpaired) electrons. The van der Waals surface area contributed by atoms with Crippen molar-refractivity contribution in [2.75, 3.05) is 5.32 Å². The Morgan fingerprint density at radius 3 is 2.40 bits per heavy atom. The Labute approximate surface area is 124 Å². The smallest absolute Gasteiger partial charge is 0.292 e. The first-order chi connectivity index (χ1) is 9.60. The SMILES string of the molecule is O=[N+]([O-])c1ccc(CO)cc1NCc1ccc(Br)cc1. The Morgan fingerprint density at radius 2 is 1.80 bits per heavy atom. The Kier molecular flexibility index (Phi) is 4.70. The number of rotatable bonds is 5. The number of halogens is 1. The highest BCUT2D eigenvalue weighted by molar-refractivity contribution is 9.10. The van der Waals surface area contributed by atoms with Crippen molar-refractivity contribution in [2.24, 2.45) is 0 Å². The molecule has 0 unspecified atom stereocenters. The van der Waals surface area contributed by atoms with Crippen molar-refractivity contribution in [3.05, 3.63) is 68.2 Å². The van der Waals surface area contributed by atoms with Crippen molar-refractivity contribution in [2.45, 2.75) is 13.2 Å². The number of nitrogens with one attached hydrogen (secondary N) is 1. The lowest BCUT2D eigenvalue weighted by atomic mass is 10.1. The quantitative estimate of drug-likeness (QED) is 0.647. The van der Waals surface area contributed by atoms with Crippen LogP contribution in [-0.4, -0.2) is 10.0 Å². The van der Waals surface area contributed by atoms with Gasteiger partial charge in [-0.2, -0.15) is 0 Å². The molecule has 0 saturated carbocycles. The minimum Gasteiger partial charge on any atom is -0.392 e. The lowest BCUT2D eigenvalue weighted by molar-refractivity contribution is -0.384. The van der Waals surface area contributed by atoms with Crippen LogP contribution in [0, 0.1) is 10.1 Å². The van der Waals surface area contributed by atoms with E-state index in [0.29, 0.717) is 17.8 Å². The third kappa shape index (κ3) is 3.55. The van der Waals surface area contributed by atoms with Crippen LogP contribution in [0.4, 0.5) is 11.4 Å². The predicted octanol–water partition coefficient (Wildman–Crippen LogP) is 3.46. The van der Waals surface area contributed by atoms with Crippen LogP contribution in [0.15, 0.2) is 46.9 Å². The molecular formula is C14H13BrN2O3. The maximum atomic E-state index is 11.0. The molecule has 6 heteroatoms. The van der Waals surface area contributed by atoms with E-state index in [1.165, 1.54) is 6.07 Å². The van der Waals surface area contributed by atoms with Gasteiger partial charge in [-0.25, -0.2) is 0 Å². The van der Waals surface area contributed by atoms with Gasteiger partial charge in [-0.1, -0.05) is 28.1 Å². The molecule has 0 aromatic heterocycles. The Hall–Kier alpha value is -1.92. The second-order valence-corrected chi connectivity index (χ2v) is 5.16. The number of anilines is 1. The van der Waals surface area contributed by atoms with Gasteiger partial charge in [0.1, 0.15) is 5.69 Å². The van der Waals surface area contributed by atoms with Gasteiger partial charge in [-0.3, -0.25) is 10.1 Å². The number of nitrogens with zero attached hydrogens (tertiary/aromatic N) is 1. The van der Waals surface area contributed by atoms with Gasteiger partial charge in [0.2, 0.25) is 0 Å². The van der Waals surface area contributed by atoms with Crippen LogP contribution in [-0.2, 0) is 13.2 Å². The summed E-state index contributed by atoms with van der Waals surface area (Å²) in [7, 11) is 0. The molecule has 0 heterocycles. The Bertz CT molecular complexity index is 614. The van der Waals surface area contributed by atoms with Gasteiger partial charge in [-0.15, -0.1) is 0 Å². The Balaban J connectivity index is 2.18. The van der Waals surface area contributed by atoms with E-state index in [1.54, 1.807) is 12.1 Å². The van der Waals surface area contributed by atoms with Gasteiger partial charge in [0, 0.05) is 17.1 Å². The van der Waals surface area contributed by atoms with Gasteiger partial charge >= 0.3 is 0 Å². The predicted molar refractivity (Wildman–Crippen MR) is 80.5 cm³/mol. The van der Waals surface area contributed by atoms with E-state index in [2.05, 4.69) is 21.2 Å². The van der Waals surface area contributed by atoms with Gasteiger partial charge in [-0.05, 0) is 35.4 Å². The Morgan fingerprint density at radius 1 is 1.15 bits per heavy atom. The molecule has 0 fully saturated rings. The largest absolute Gasteiger partial charge is 0.392 e. The van der Waals surface area contributed by atoms with E-state index < -0.39 is 4.92 Å². The lowest BCUT2D eigenvalue weighted by Gasteiger charge is -2.09. The topological polar surface area (TPSA) is 75.4 Å². The van der Waals surface area contributed by atoms with Crippen LogP contribution in [0.25, 0.3) is 0 Å². The molecule has 0 saturated heterocycles. The standard InChI is InChI=1S/C14H13BrN2O3/c15-12-4-1-10(2-5-12)8-16-13-7-11(9-18)3-6-14(13)17(19)20/h1-7,16,18H,8-9H2. The van der Waals surface area contributed by atoms with E-state index >= 15 is 0 Å². The van der Waals surface area contributed by atoms with Crippen LogP contribution >= 0.6 is 15.9 Å². The highest BCUT2D eigenvalue weighted by atomic mass is 79.9. The molecule has 0 aliphatic carbocycles. The summed E-state index contributed by atoms with van der Waals surface area (Å²) in [6.45, 7) is 0.327. The average Bonchev–Trinajstić information content (AvgIpc) is 2.46. The number of nitro groups is 1. The summed E-state index contributed by atoms with van der Waals surface area (Å²) >= 11 is 3.35. The monoisotopic (exact) mass is 336 g/mol. The molecule has 0 atom stereocenters. The summed E-state index contributed by atoms with van der Waals surface area (Å²) in [5, 5.41) is 23.1. The molecule has 5 nitrogen and oxygen atoms in total. The summed E-state index contributed by atoms with van der Waals surface area (Å²) in [5.41, 5.74) is 2.05. The molecule has 0 aliphatic heterocycles. The van der Waals surface area contributed by atoms with Gasteiger partial charge in [0.25, 0.3) is 5.69 Å². The molecule has 2 rings (SSSR count). The van der Waals surface area contributed by atoms with E-state index in [9.17, 15) is 10.1 Å². The molecule has 0 amide bonds. The maximum absolute atomic E-state index is 11.0. The second-order valence-electron chi connectivity index (χ2n) is 4.25. The van der Waals surface area contributed by atoms with Crippen molar-refractivity contribution < 1.29 is 10.0 Å². The third-order valence-electron chi connectivity index (χ3n) is 2.84. The zero-order valence-corrected chi connectivity index (χ0v) is 12.1. The number of benzene rings is 2. The van der Waals surface area contributed by atoms with Crippen molar-refractivity contribution in [1.82, 2.24) is 0 Å². The molecule has 104 valence electrons.